The molecule has 0 aliphatic carbocycles. The number of methoxy groups -OCH3 is 1. The third-order valence-corrected chi connectivity index (χ3v) is 6.12. The van der Waals surface area contributed by atoms with Crippen LogP contribution < -0.4 is 15.4 Å². The average Bonchev–Trinajstić information content (AvgIpc) is 3.03. The van der Waals surface area contributed by atoms with Crippen molar-refractivity contribution >= 4 is 38.9 Å². The van der Waals surface area contributed by atoms with Crippen LogP contribution in [0.15, 0.2) is 21.3 Å². The van der Waals surface area contributed by atoms with Crippen molar-refractivity contribution in [3.8, 4) is 0 Å². The van der Waals surface area contributed by atoms with Gasteiger partial charge in [-0.2, -0.15) is 0 Å². The third kappa shape index (κ3) is 9.38. The monoisotopic (exact) mass is 412 g/mol. The van der Waals surface area contributed by atoms with E-state index in [1.54, 1.807) is 20.2 Å². The van der Waals surface area contributed by atoms with Gasteiger partial charge >= 0.3 is 0 Å². The quantitative estimate of drug-likeness (QED) is 0.268. The minimum Gasteiger partial charge on any atom is -0.382 e. The number of halogens is 1. The Balaban J connectivity index is 2.16. The lowest BCUT2D eigenvalue weighted by Gasteiger charge is -2.12. The number of ether oxygens (including phenoxy) is 2. The van der Waals surface area contributed by atoms with Gasteiger partial charge in [-0.3, -0.25) is 4.99 Å². The van der Waals surface area contributed by atoms with Crippen LogP contribution in [0.25, 0.3) is 0 Å². The van der Waals surface area contributed by atoms with E-state index in [0.717, 1.165) is 17.8 Å². The van der Waals surface area contributed by atoms with Gasteiger partial charge in [0, 0.05) is 40.4 Å². The van der Waals surface area contributed by atoms with E-state index in [-0.39, 0.29) is 10.8 Å². The Kier molecular flexibility index (Phi) is 11.0. The molecule has 0 unspecified atom stereocenters. The van der Waals surface area contributed by atoms with Crippen molar-refractivity contribution in [1.82, 2.24) is 15.4 Å². The zero-order valence-electron chi connectivity index (χ0n) is 14.4. The molecule has 0 amide bonds. The number of aliphatic imine (C=N–C) groups is 1. The number of thiophene rings is 1. The largest absolute Gasteiger partial charge is 0.382 e. The summed E-state index contributed by atoms with van der Waals surface area (Å²) in [5.41, 5.74) is 0. The van der Waals surface area contributed by atoms with Crippen LogP contribution in [0.1, 0.15) is 6.42 Å². The summed E-state index contributed by atoms with van der Waals surface area (Å²) >= 11 is 6.78. The molecule has 1 heterocycles. The molecule has 0 fully saturated rings. The highest BCUT2D eigenvalue weighted by molar-refractivity contribution is 7.91. The number of hydrogen-bond donors (Lipinski definition) is 3. The van der Waals surface area contributed by atoms with Gasteiger partial charge in [0.05, 0.1) is 17.6 Å². The molecule has 0 radical (unpaired) electrons. The maximum atomic E-state index is 12.0. The molecule has 11 heteroatoms. The van der Waals surface area contributed by atoms with Crippen LogP contribution in [0.2, 0.25) is 4.34 Å². The predicted octanol–water partition coefficient (Wildman–Crippen LogP) is 0.898. The summed E-state index contributed by atoms with van der Waals surface area (Å²) in [4.78, 5) is 4.07. The number of sulfonamides is 1. The molecule has 8 nitrogen and oxygen atoms in total. The van der Waals surface area contributed by atoms with Crippen LogP contribution in [0.3, 0.4) is 0 Å². The van der Waals surface area contributed by atoms with Crippen LogP contribution in [0, 0.1) is 0 Å². The zero-order chi connectivity index (χ0) is 18.5. The molecule has 1 rings (SSSR count). The van der Waals surface area contributed by atoms with Crippen molar-refractivity contribution in [2.45, 2.75) is 10.6 Å². The van der Waals surface area contributed by atoms with Crippen LogP contribution in [0.4, 0.5) is 0 Å². The second-order valence-electron chi connectivity index (χ2n) is 4.84. The van der Waals surface area contributed by atoms with Gasteiger partial charge in [0.15, 0.2) is 5.96 Å². The van der Waals surface area contributed by atoms with Crippen LogP contribution in [0.5, 0.6) is 0 Å². The predicted molar refractivity (Wildman–Crippen MR) is 101 cm³/mol. The van der Waals surface area contributed by atoms with Crippen LogP contribution in [-0.4, -0.2) is 68.0 Å². The van der Waals surface area contributed by atoms with E-state index < -0.39 is 10.0 Å². The Labute approximate surface area is 158 Å². The molecule has 0 spiro atoms. The fraction of sp³-hybridized carbons (Fsp3) is 0.643. The normalized spacial score (nSPS) is 12.4. The zero-order valence-corrected chi connectivity index (χ0v) is 16.8. The van der Waals surface area contributed by atoms with E-state index in [4.69, 9.17) is 21.1 Å². The second-order valence-corrected chi connectivity index (χ2v) is 8.55. The van der Waals surface area contributed by atoms with Crippen molar-refractivity contribution in [2.75, 3.05) is 53.6 Å². The van der Waals surface area contributed by atoms with Gasteiger partial charge in [0.1, 0.15) is 4.21 Å². The molecule has 1 aromatic rings. The lowest BCUT2D eigenvalue weighted by molar-refractivity contribution is 0.0698. The Hall–Kier alpha value is -0.910. The highest BCUT2D eigenvalue weighted by atomic mass is 35.5. The third-order valence-electron chi connectivity index (χ3n) is 2.94. The van der Waals surface area contributed by atoms with Crippen LogP contribution in [-0.2, 0) is 19.5 Å². The molecule has 0 saturated heterocycles. The Morgan fingerprint density at radius 3 is 2.60 bits per heavy atom. The lowest BCUT2D eigenvalue weighted by Crippen LogP contribution is -2.41. The van der Waals surface area contributed by atoms with Crippen molar-refractivity contribution < 1.29 is 17.9 Å². The SMILES string of the molecule is CN=C(NCCCOCCOC)NCCNS(=O)(=O)c1ccc(Cl)s1. The Bertz CT molecular complexity index is 622. The summed E-state index contributed by atoms with van der Waals surface area (Å²) in [7, 11) is -0.229. The smallest absolute Gasteiger partial charge is 0.250 e. The summed E-state index contributed by atoms with van der Waals surface area (Å²) < 4.78 is 37.4. The first-order valence-corrected chi connectivity index (χ1v) is 10.4. The maximum Gasteiger partial charge on any atom is 0.250 e. The first kappa shape index (κ1) is 22.1. The number of rotatable bonds is 12. The second kappa shape index (κ2) is 12.4. The Morgan fingerprint density at radius 2 is 1.96 bits per heavy atom. The van der Waals surface area contributed by atoms with Crippen LogP contribution >= 0.6 is 22.9 Å². The topological polar surface area (TPSA) is 101 Å². The summed E-state index contributed by atoms with van der Waals surface area (Å²) in [5.74, 6) is 0.607. The van der Waals surface area contributed by atoms with Crippen molar-refractivity contribution in [3.63, 3.8) is 0 Å². The minimum absolute atomic E-state index is 0.202. The van der Waals surface area contributed by atoms with Crippen molar-refractivity contribution in [1.29, 1.82) is 0 Å². The summed E-state index contributed by atoms with van der Waals surface area (Å²) in [6.07, 6.45) is 0.830. The van der Waals surface area contributed by atoms with E-state index >= 15 is 0 Å². The fourth-order valence-corrected chi connectivity index (χ4v) is 4.28. The molecule has 0 saturated carbocycles. The minimum atomic E-state index is -3.52. The summed E-state index contributed by atoms with van der Waals surface area (Å²) in [6.45, 7) is 3.15. The number of nitrogens with one attached hydrogen (secondary N) is 3. The van der Waals surface area contributed by atoms with E-state index in [2.05, 4.69) is 20.3 Å². The van der Waals surface area contributed by atoms with Gasteiger partial charge in [0.2, 0.25) is 10.0 Å². The molecular weight excluding hydrogens is 388 g/mol. The molecular formula is C14H25ClN4O4S2. The van der Waals surface area contributed by atoms with Gasteiger partial charge in [0.25, 0.3) is 0 Å². The van der Waals surface area contributed by atoms with Gasteiger partial charge < -0.3 is 20.1 Å². The molecule has 0 aliphatic rings. The average molecular weight is 413 g/mol. The molecule has 144 valence electrons. The number of hydrogen-bond acceptors (Lipinski definition) is 6. The van der Waals surface area contributed by atoms with E-state index in [9.17, 15) is 8.42 Å². The Morgan fingerprint density at radius 1 is 1.20 bits per heavy atom. The van der Waals surface area contributed by atoms with Gasteiger partial charge in [-0.15, -0.1) is 11.3 Å². The standard InChI is InChI=1S/C14H25ClN4O4S2/c1-16-14(17-6-3-9-23-11-10-22-2)18-7-8-19-25(20,21)13-5-4-12(15)24-13/h4-5,19H,3,6-11H2,1-2H3,(H2,16,17,18). The first-order chi connectivity index (χ1) is 12.0. The highest BCUT2D eigenvalue weighted by Crippen LogP contribution is 2.24. The highest BCUT2D eigenvalue weighted by Gasteiger charge is 2.15. The van der Waals surface area contributed by atoms with Gasteiger partial charge in [-0.05, 0) is 18.6 Å². The number of guanidine groups is 1. The van der Waals surface area contributed by atoms with Gasteiger partial charge in [-0.25, -0.2) is 13.1 Å². The molecule has 0 aromatic carbocycles. The molecule has 1 aromatic heterocycles. The first-order valence-electron chi connectivity index (χ1n) is 7.76. The molecule has 0 aliphatic heterocycles. The maximum absolute atomic E-state index is 12.0. The fourth-order valence-electron chi connectivity index (χ4n) is 1.73. The van der Waals surface area contributed by atoms with Crippen molar-refractivity contribution in [2.24, 2.45) is 4.99 Å². The number of nitrogens with zero attached hydrogens (tertiary/aromatic N) is 1. The molecule has 3 N–H and O–H groups in total. The van der Waals surface area contributed by atoms with Crippen molar-refractivity contribution in [3.05, 3.63) is 16.5 Å². The molecule has 0 atom stereocenters. The summed E-state index contributed by atoms with van der Waals surface area (Å²) in [5, 5.41) is 6.17. The molecule has 25 heavy (non-hydrogen) atoms. The summed E-state index contributed by atoms with van der Waals surface area (Å²) in [6, 6.07) is 3.04. The van der Waals surface area contributed by atoms with E-state index in [1.807, 2.05) is 0 Å². The van der Waals surface area contributed by atoms with Gasteiger partial charge in [-0.1, -0.05) is 11.6 Å². The van der Waals surface area contributed by atoms with E-state index in [1.165, 1.54) is 6.07 Å². The molecule has 0 bridgehead atoms. The van der Waals surface area contributed by atoms with E-state index in [0.29, 0.717) is 43.2 Å². The lowest BCUT2D eigenvalue weighted by atomic mass is 10.4.